The molecular weight excluding hydrogens is 280 g/mol. The van der Waals surface area contributed by atoms with E-state index in [1.807, 2.05) is 0 Å². The summed E-state index contributed by atoms with van der Waals surface area (Å²) in [6, 6.07) is 4.50. The number of methoxy groups -OCH3 is 2. The van der Waals surface area contributed by atoms with Crippen LogP contribution >= 0.6 is 0 Å². The normalized spacial score (nSPS) is 20.1. The zero-order valence-electron chi connectivity index (χ0n) is 11.7. The lowest BCUT2D eigenvalue weighted by molar-refractivity contribution is 0.353. The van der Waals surface area contributed by atoms with Crippen LogP contribution < -0.4 is 15.2 Å². The van der Waals surface area contributed by atoms with Gasteiger partial charge in [0, 0.05) is 25.2 Å². The molecule has 1 atom stereocenters. The first-order chi connectivity index (χ1) is 9.54. The largest absolute Gasteiger partial charge is 0.493 e. The van der Waals surface area contributed by atoms with Crippen LogP contribution in [0.25, 0.3) is 0 Å². The minimum Gasteiger partial charge on any atom is -0.493 e. The lowest BCUT2D eigenvalue weighted by Gasteiger charge is -2.23. The molecule has 112 valence electrons. The van der Waals surface area contributed by atoms with Gasteiger partial charge < -0.3 is 15.2 Å². The minimum atomic E-state index is -3.54. The molecule has 1 aromatic carbocycles. The molecule has 0 radical (unpaired) electrons. The van der Waals surface area contributed by atoms with Crippen molar-refractivity contribution in [3.05, 3.63) is 18.2 Å². The van der Waals surface area contributed by atoms with E-state index in [9.17, 15) is 8.42 Å². The van der Waals surface area contributed by atoms with Crippen LogP contribution in [0.15, 0.2) is 23.1 Å². The van der Waals surface area contributed by atoms with Crippen LogP contribution in [0.3, 0.4) is 0 Å². The topological polar surface area (TPSA) is 81.9 Å². The molecule has 2 N–H and O–H groups in total. The van der Waals surface area contributed by atoms with E-state index in [0.29, 0.717) is 24.6 Å². The smallest absolute Gasteiger partial charge is 0.243 e. The van der Waals surface area contributed by atoms with Crippen molar-refractivity contribution in [2.75, 3.05) is 27.3 Å². The van der Waals surface area contributed by atoms with E-state index in [1.165, 1.54) is 30.7 Å². The highest BCUT2D eigenvalue weighted by Crippen LogP contribution is 2.32. The highest BCUT2D eigenvalue weighted by atomic mass is 32.2. The van der Waals surface area contributed by atoms with E-state index in [1.54, 1.807) is 6.07 Å². The Kier molecular flexibility index (Phi) is 4.52. The second-order valence-corrected chi connectivity index (χ2v) is 6.55. The average Bonchev–Trinajstić information content (AvgIpc) is 2.95. The van der Waals surface area contributed by atoms with Crippen LogP contribution in [0, 0.1) is 0 Å². The minimum absolute atomic E-state index is 0.118. The van der Waals surface area contributed by atoms with Gasteiger partial charge in [0.05, 0.1) is 19.1 Å². The van der Waals surface area contributed by atoms with Crippen molar-refractivity contribution in [3.63, 3.8) is 0 Å². The summed E-state index contributed by atoms with van der Waals surface area (Å²) in [6.07, 6.45) is 1.65. The molecule has 7 heteroatoms. The molecule has 0 amide bonds. The zero-order chi connectivity index (χ0) is 14.8. The first-order valence-corrected chi connectivity index (χ1v) is 7.92. The molecule has 1 heterocycles. The Hall–Kier alpha value is -1.31. The summed E-state index contributed by atoms with van der Waals surface area (Å²) in [4.78, 5) is 0.204. The number of nitrogens with two attached hydrogens (primary N) is 1. The molecular formula is C13H20N2O4S. The average molecular weight is 300 g/mol. The van der Waals surface area contributed by atoms with Crippen LogP contribution in [0.4, 0.5) is 0 Å². The fourth-order valence-electron chi connectivity index (χ4n) is 2.47. The summed E-state index contributed by atoms with van der Waals surface area (Å²) >= 11 is 0. The SMILES string of the molecule is COc1ccc(S(=O)(=O)N2CCC[C@@H]2CN)cc1OC. The van der Waals surface area contributed by atoms with Gasteiger partial charge in [0.25, 0.3) is 0 Å². The Bertz CT molecular complexity index is 574. The number of hydrogen-bond acceptors (Lipinski definition) is 5. The molecule has 1 aliphatic rings. The molecule has 1 saturated heterocycles. The first-order valence-electron chi connectivity index (χ1n) is 6.48. The molecule has 0 saturated carbocycles. The summed E-state index contributed by atoms with van der Waals surface area (Å²) in [5, 5.41) is 0. The van der Waals surface area contributed by atoms with Crippen LogP contribution in [0.5, 0.6) is 11.5 Å². The van der Waals surface area contributed by atoms with Crippen molar-refractivity contribution in [2.45, 2.75) is 23.8 Å². The number of rotatable bonds is 5. The predicted molar refractivity (Wildman–Crippen MR) is 75.5 cm³/mol. The third-order valence-corrected chi connectivity index (χ3v) is 5.50. The zero-order valence-corrected chi connectivity index (χ0v) is 12.5. The molecule has 0 unspecified atom stereocenters. The fourth-order valence-corrected chi connectivity index (χ4v) is 4.19. The Morgan fingerprint density at radius 3 is 2.60 bits per heavy atom. The molecule has 1 aromatic rings. The number of sulfonamides is 1. The van der Waals surface area contributed by atoms with Crippen molar-refractivity contribution >= 4 is 10.0 Å². The predicted octanol–water partition coefficient (Wildman–Crippen LogP) is 0.816. The maximum Gasteiger partial charge on any atom is 0.243 e. The maximum atomic E-state index is 12.6. The van der Waals surface area contributed by atoms with E-state index in [0.717, 1.165) is 12.8 Å². The third-order valence-electron chi connectivity index (χ3n) is 3.56. The summed E-state index contributed by atoms with van der Waals surface area (Å²) in [5.74, 6) is 0.903. The highest BCUT2D eigenvalue weighted by Gasteiger charge is 2.34. The molecule has 2 rings (SSSR count). The molecule has 20 heavy (non-hydrogen) atoms. The van der Waals surface area contributed by atoms with Crippen LogP contribution in [-0.2, 0) is 10.0 Å². The quantitative estimate of drug-likeness (QED) is 0.870. The lowest BCUT2D eigenvalue weighted by Crippen LogP contribution is -2.39. The molecule has 6 nitrogen and oxygen atoms in total. The number of nitrogens with zero attached hydrogens (tertiary/aromatic N) is 1. The van der Waals surface area contributed by atoms with Crippen molar-refractivity contribution in [3.8, 4) is 11.5 Å². The van der Waals surface area contributed by atoms with E-state index in [-0.39, 0.29) is 10.9 Å². The summed E-state index contributed by atoms with van der Waals surface area (Å²) in [7, 11) is -0.550. The van der Waals surface area contributed by atoms with Crippen molar-refractivity contribution in [2.24, 2.45) is 5.73 Å². The first kappa shape index (κ1) is 15.1. The molecule has 0 spiro atoms. The highest BCUT2D eigenvalue weighted by molar-refractivity contribution is 7.89. The Balaban J connectivity index is 2.39. The van der Waals surface area contributed by atoms with Crippen LogP contribution in [-0.4, -0.2) is 46.1 Å². The Morgan fingerprint density at radius 1 is 1.30 bits per heavy atom. The second-order valence-electron chi connectivity index (χ2n) is 4.66. The number of ether oxygens (including phenoxy) is 2. The van der Waals surface area contributed by atoms with Gasteiger partial charge in [0.1, 0.15) is 0 Å². The van der Waals surface area contributed by atoms with Crippen molar-refractivity contribution < 1.29 is 17.9 Å². The second kappa shape index (κ2) is 5.99. The molecule has 1 aliphatic heterocycles. The van der Waals surface area contributed by atoms with Gasteiger partial charge >= 0.3 is 0 Å². The Labute approximate surface area is 119 Å². The van der Waals surface area contributed by atoms with Gasteiger partial charge in [0.2, 0.25) is 10.0 Å². The molecule has 0 bridgehead atoms. The molecule has 0 aliphatic carbocycles. The van der Waals surface area contributed by atoms with Crippen LogP contribution in [0.1, 0.15) is 12.8 Å². The lowest BCUT2D eigenvalue weighted by atomic mass is 10.2. The summed E-state index contributed by atoms with van der Waals surface area (Å²) < 4.78 is 37.0. The van der Waals surface area contributed by atoms with E-state index < -0.39 is 10.0 Å². The summed E-state index contributed by atoms with van der Waals surface area (Å²) in [5.41, 5.74) is 5.65. The third kappa shape index (κ3) is 2.61. The standard InChI is InChI=1S/C13H20N2O4S/c1-18-12-6-5-11(8-13(12)19-2)20(16,17)15-7-3-4-10(15)9-14/h5-6,8,10H,3-4,7,9,14H2,1-2H3/t10-/m1/s1. The van der Waals surface area contributed by atoms with Gasteiger partial charge in [0.15, 0.2) is 11.5 Å². The van der Waals surface area contributed by atoms with E-state index in [4.69, 9.17) is 15.2 Å². The van der Waals surface area contributed by atoms with Gasteiger partial charge in [-0.1, -0.05) is 0 Å². The van der Waals surface area contributed by atoms with Gasteiger partial charge in [-0.15, -0.1) is 0 Å². The number of benzene rings is 1. The van der Waals surface area contributed by atoms with Gasteiger partial charge in [-0.05, 0) is 25.0 Å². The van der Waals surface area contributed by atoms with Gasteiger partial charge in [-0.3, -0.25) is 0 Å². The van der Waals surface area contributed by atoms with Crippen molar-refractivity contribution in [1.29, 1.82) is 0 Å². The van der Waals surface area contributed by atoms with Crippen LogP contribution in [0.2, 0.25) is 0 Å². The maximum absolute atomic E-state index is 12.6. The summed E-state index contributed by atoms with van der Waals surface area (Å²) in [6.45, 7) is 0.852. The van der Waals surface area contributed by atoms with Crippen molar-refractivity contribution in [1.82, 2.24) is 4.31 Å². The monoisotopic (exact) mass is 300 g/mol. The fraction of sp³-hybridized carbons (Fsp3) is 0.538. The Morgan fingerprint density at radius 2 is 2.00 bits per heavy atom. The molecule has 0 aromatic heterocycles. The van der Waals surface area contributed by atoms with E-state index >= 15 is 0 Å². The molecule has 1 fully saturated rings. The van der Waals surface area contributed by atoms with Gasteiger partial charge in [-0.25, -0.2) is 8.42 Å². The van der Waals surface area contributed by atoms with Gasteiger partial charge in [-0.2, -0.15) is 4.31 Å². The number of hydrogen-bond donors (Lipinski definition) is 1. The van der Waals surface area contributed by atoms with E-state index in [2.05, 4.69) is 0 Å².